The molecule has 1 amide bonds. The minimum atomic E-state index is 0.0248. The molecule has 2 heterocycles. The fourth-order valence-corrected chi connectivity index (χ4v) is 2.84. The summed E-state index contributed by atoms with van der Waals surface area (Å²) in [6, 6.07) is 6.02. The van der Waals surface area contributed by atoms with Crippen LogP contribution in [0.4, 0.5) is 0 Å². The molecule has 1 aliphatic rings. The molecule has 0 radical (unpaired) electrons. The number of nitrogens with one attached hydrogen (secondary N) is 1. The molecule has 0 spiro atoms. The normalized spacial score (nSPS) is 14.6. The number of rotatable bonds is 7. The molecular weight excluding hydrogens is 286 g/mol. The SMILES string of the molecule is CN(CC(=O)NCc1cccs1)Cc1cc(C2CC2)on1. The molecule has 0 saturated heterocycles. The first-order valence-corrected chi connectivity index (χ1v) is 8.02. The van der Waals surface area contributed by atoms with Gasteiger partial charge in [-0.25, -0.2) is 0 Å². The molecule has 1 aliphatic carbocycles. The summed E-state index contributed by atoms with van der Waals surface area (Å²) in [5, 5.41) is 9.00. The van der Waals surface area contributed by atoms with E-state index in [0.29, 0.717) is 25.6 Å². The standard InChI is InChI=1S/C15H19N3O2S/c1-18(9-12-7-14(20-17-12)11-4-5-11)10-15(19)16-8-13-3-2-6-21-13/h2-3,6-7,11H,4-5,8-10H2,1H3,(H,16,19). The van der Waals surface area contributed by atoms with E-state index in [1.165, 1.54) is 12.8 Å². The number of amides is 1. The third kappa shape index (κ3) is 4.15. The molecule has 21 heavy (non-hydrogen) atoms. The summed E-state index contributed by atoms with van der Waals surface area (Å²) < 4.78 is 5.32. The highest BCUT2D eigenvalue weighted by Gasteiger charge is 2.27. The minimum absolute atomic E-state index is 0.0248. The van der Waals surface area contributed by atoms with Gasteiger partial charge in [-0.05, 0) is 31.3 Å². The number of nitrogens with zero attached hydrogens (tertiary/aromatic N) is 2. The quantitative estimate of drug-likeness (QED) is 0.853. The Morgan fingerprint density at radius 2 is 2.43 bits per heavy atom. The number of hydrogen-bond donors (Lipinski definition) is 1. The Morgan fingerprint density at radius 1 is 1.57 bits per heavy atom. The van der Waals surface area contributed by atoms with E-state index < -0.39 is 0 Å². The lowest BCUT2D eigenvalue weighted by atomic mass is 10.3. The van der Waals surface area contributed by atoms with Crippen LogP contribution < -0.4 is 5.32 Å². The Morgan fingerprint density at radius 3 is 3.14 bits per heavy atom. The van der Waals surface area contributed by atoms with Crippen LogP contribution in [0.15, 0.2) is 28.1 Å². The van der Waals surface area contributed by atoms with E-state index in [4.69, 9.17) is 4.52 Å². The van der Waals surface area contributed by atoms with Crippen molar-refractivity contribution in [1.29, 1.82) is 0 Å². The second kappa shape index (κ2) is 6.41. The number of carbonyl (C=O) groups is 1. The van der Waals surface area contributed by atoms with Crippen LogP contribution in [0.25, 0.3) is 0 Å². The Bertz CT molecular complexity index is 590. The van der Waals surface area contributed by atoms with Gasteiger partial charge in [0.15, 0.2) is 0 Å². The number of thiophene rings is 1. The van der Waals surface area contributed by atoms with Gasteiger partial charge < -0.3 is 9.84 Å². The average Bonchev–Trinajstić information content (AvgIpc) is 2.98. The van der Waals surface area contributed by atoms with Gasteiger partial charge in [0.25, 0.3) is 0 Å². The summed E-state index contributed by atoms with van der Waals surface area (Å²) in [5.41, 5.74) is 0.894. The van der Waals surface area contributed by atoms with Crippen molar-refractivity contribution < 1.29 is 9.32 Å². The molecule has 112 valence electrons. The fraction of sp³-hybridized carbons (Fsp3) is 0.467. The minimum Gasteiger partial charge on any atom is -0.361 e. The maximum atomic E-state index is 11.9. The lowest BCUT2D eigenvalue weighted by Crippen LogP contribution is -2.34. The molecule has 1 fully saturated rings. The van der Waals surface area contributed by atoms with Gasteiger partial charge in [-0.15, -0.1) is 11.3 Å². The second-order valence-corrected chi connectivity index (χ2v) is 6.56. The van der Waals surface area contributed by atoms with Crippen molar-refractivity contribution in [3.05, 3.63) is 39.9 Å². The van der Waals surface area contributed by atoms with Crippen molar-refractivity contribution in [2.45, 2.75) is 31.8 Å². The zero-order valence-corrected chi connectivity index (χ0v) is 12.9. The van der Waals surface area contributed by atoms with Crippen molar-refractivity contribution in [2.24, 2.45) is 0 Å². The van der Waals surface area contributed by atoms with Gasteiger partial charge in [0, 0.05) is 23.4 Å². The van der Waals surface area contributed by atoms with E-state index in [9.17, 15) is 4.79 Å². The highest BCUT2D eigenvalue weighted by molar-refractivity contribution is 7.09. The van der Waals surface area contributed by atoms with Crippen LogP contribution in [0.3, 0.4) is 0 Å². The lowest BCUT2D eigenvalue weighted by molar-refractivity contribution is -0.122. The number of carbonyl (C=O) groups excluding carboxylic acids is 1. The van der Waals surface area contributed by atoms with Gasteiger partial charge in [0.1, 0.15) is 5.76 Å². The maximum Gasteiger partial charge on any atom is 0.234 e. The predicted octanol–water partition coefficient (Wildman–Crippen LogP) is 2.36. The van der Waals surface area contributed by atoms with Crippen LogP contribution in [0.1, 0.15) is 35.1 Å². The molecule has 3 rings (SSSR count). The Kier molecular flexibility index (Phi) is 4.36. The molecule has 0 aliphatic heterocycles. The summed E-state index contributed by atoms with van der Waals surface area (Å²) in [5.74, 6) is 1.59. The highest BCUT2D eigenvalue weighted by atomic mass is 32.1. The van der Waals surface area contributed by atoms with E-state index >= 15 is 0 Å². The van der Waals surface area contributed by atoms with Crippen molar-refractivity contribution in [1.82, 2.24) is 15.4 Å². The molecule has 0 unspecified atom stereocenters. The first-order chi connectivity index (χ1) is 10.2. The van der Waals surface area contributed by atoms with Crippen LogP contribution in [-0.2, 0) is 17.9 Å². The maximum absolute atomic E-state index is 11.9. The van der Waals surface area contributed by atoms with Gasteiger partial charge in [-0.2, -0.15) is 0 Å². The number of aromatic nitrogens is 1. The highest BCUT2D eigenvalue weighted by Crippen LogP contribution is 2.40. The number of likely N-dealkylation sites (N-methyl/N-ethyl adjacent to an activating group) is 1. The van der Waals surface area contributed by atoms with Crippen molar-refractivity contribution in [3.63, 3.8) is 0 Å². The first-order valence-electron chi connectivity index (χ1n) is 7.14. The summed E-state index contributed by atoms with van der Waals surface area (Å²) in [4.78, 5) is 15.0. The molecule has 1 saturated carbocycles. The Hall–Kier alpha value is -1.66. The first kappa shape index (κ1) is 14.3. The van der Waals surface area contributed by atoms with Crippen molar-refractivity contribution in [2.75, 3.05) is 13.6 Å². The Labute approximate surface area is 127 Å². The Balaban J connectivity index is 1.42. The molecule has 0 atom stereocenters. The molecule has 2 aromatic rings. The van der Waals surface area contributed by atoms with Crippen molar-refractivity contribution in [3.8, 4) is 0 Å². The molecule has 6 heteroatoms. The van der Waals surface area contributed by atoms with Gasteiger partial charge in [0.2, 0.25) is 5.91 Å². The molecule has 0 aromatic carbocycles. The van der Waals surface area contributed by atoms with E-state index in [-0.39, 0.29) is 5.91 Å². The predicted molar refractivity (Wildman–Crippen MR) is 81.0 cm³/mol. The van der Waals surface area contributed by atoms with E-state index in [1.54, 1.807) is 11.3 Å². The molecule has 0 bridgehead atoms. The topological polar surface area (TPSA) is 58.4 Å². The largest absolute Gasteiger partial charge is 0.361 e. The zero-order chi connectivity index (χ0) is 14.7. The fourth-order valence-electron chi connectivity index (χ4n) is 2.20. The van der Waals surface area contributed by atoms with Gasteiger partial charge in [-0.1, -0.05) is 11.2 Å². The van der Waals surface area contributed by atoms with Gasteiger partial charge in [0.05, 0.1) is 18.8 Å². The molecule has 1 N–H and O–H groups in total. The van der Waals surface area contributed by atoms with Crippen LogP contribution in [0.5, 0.6) is 0 Å². The molecule has 5 nitrogen and oxygen atoms in total. The third-order valence-corrected chi connectivity index (χ3v) is 4.32. The average molecular weight is 305 g/mol. The van der Waals surface area contributed by atoms with E-state index in [2.05, 4.69) is 10.5 Å². The second-order valence-electron chi connectivity index (χ2n) is 5.52. The molecular formula is C15H19N3O2S. The van der Waals surface area contributed by atoms with Gasteiger partial charge in [-0.3, -0.25) is 9.69 Å². The van der Waals surface area contributed by atoms with E-state index in [0.717, 1.165) is 16.3 Å². The zero-order valence-electron chi connectivity index (χ0n) is 12.0. The summed E-state index contributed by atoms with van der Waals surface area (Å²) in [7, 11) is 1.91. The monoisotopic (exact) mass is 305 g/mol. The van der Waals surface area contributed by atoms with Crippen LogP contribution in [0, 0.1) is 0 Å². The number of hydrogen-bond acceptors (Lipinski definition) is 5. The summed E-state index contributed by atoms with van der Waals surface area (Å²) in [6.07, 6.45) is 2.41. The van der Waals surface area contributed by atoms with Crippen LogP contribution in [-0.4, -0.2) is 29.6 Å². The van der Waals surface area contributed by atoms with Gasteiger partial charge >= 0.3 is 0 Å². The summed E-state index contributed by atoms with van der Waals surface area (Å²) >= 11 is 1.65. The smallest absolute Gasteiger partial charge is 0.234 e. The third-order valence-electron chi connectivity index (χ3n) is 3.44. The van der Waals surface area contributed by atoms with E-state index in [1.807, 2.05) is 35.5 Å². The summed E-state index contributed by atoms with van der Waals surface area (Å²) in [6.45, 7) is 1.58. The van der Waals surface area contributed by atoms with Crippen LogP contribution >= 0.6 is 11.3 Å². The lowest BCUT2D eigenvalue weighted by Gasteiger charge is -2.14. The van der Waals surface area contributed by atoms with Crippen molar-refractivity contribution >= 4 is 17.2 Å². The molecule has 2 aromatic heterocycles. The van der Waals surface area contributed by atoms with Crippen LogP contribution in [0.2, 0.25) is 0 Å².